The molecule has 4 rings (SSSR count). The van der Waals surface area contributed by atoms with Crippen molar-refractivity contribution < 1.29 is 238 Å². The second-order valence-electron chi connectivity index (χ2n) is 9.33. The Balaban J connectivity index is -0.000000150. The summed E-state index contributed by atoms with van der Waals surface area (Å²) >= 11 is 0. The molecule has 2 aliphatic rings. The monoisotopic (exact) mass is 1290 g/mol. The third kappa shape index (κ3) is 23.6. The molecule has 0 spiro atoms. The number of benzene rings is 2. The van der Waals surface area contributed by atoms with Crippen molar-refractivity contribution in [1.29, 1.82) is 0 Å². The quantitative estimate of drug-likeness (QED) is 0.285. The molecule has 0 atom stereocenters. The van der Waals surface area contributed by atoms with Crippen LogP contribution in [0.2, 0.25) is 0 Å². The van der Waals surface area contributed by atoms with Gasteiger partial charge in [-0.1, -0.05) is 52.2 Å². The van der Waals surface area contributed by atoms with Crippen molar-refractivity contribution in [3.63, 3.8) is 0 Å². The van der Waals surface area contributed by atoms with E-state index in [0.29, 0.717) is 11.3 Å². The maximum absolute atomic E-state index is 12.4. The molecule has 2 radical (unpaired) electrons. The zero-order valence-electron chi connectivity index (χ0n) is 30.4. The zero-order chi connectivity index (χ0) is 31.5. The third-order valence-corrected chi connectivity index (χ3v) is 6.32. The molecule has 252 valence electrons. The second-order valence-corrected chi connectivity index (χ2v) is 9.33. The molecule has 1 N–H and O–H groups in total. The van der Waals surface area contributed by atoms with E-state index in [1.54, 1.807) is 31.8 Å². The van der Waals surface area contributed by atoms with Crippen LogP contribution in [0, 0.1) is 26.9 Å². The molecule has 3 amide bonds. The molecule has 14 heteroatoms. The number of nitrogens with one attached hydrogen (secondary N) is 1. The number of rotatable bonds is 10. The average Bonchev–Trinajstić information content (AvgIpc) is 3.12. The molecular weight excluding hydrogens is 1240 g/mol. The molecule has 48 heavy (non-hydrogen) atoms. The molecule has 2 heterocycles. The number of carbonyl (C=O) groups excluding carboxylic acids is 3. The Morgan fingerprint density at radius 1 is 0.750 bits per heavy atom. The Kier molecular flexibility index (Phi) is 51.7. The van der Waals surface area contributed by atoms with Crippen LogP contribution >= 0.6 is 0 Å². The maximum Gasteiger partial charge on any atom is 1.00 e. The van der Waals surface area contributed by atoms with Crippen molar-refractivity contribution in [2.45, 2.75) is 59.8 Å². The molecule has 2 aromatic rings. The number of amides is 3. The Morgan fingerprint density at radius 3 is 1.73 bits per heavy atom. The number of hydrogen-bond acceptors (Lipinski definition) is 3. The molecule has 0 aliphatic carbocycles. The minimum Gasteiger partial charge on any atom is -0.665 e. The molecule has 0 fully saturated rings. The van der Waals surface area contributed by atoms with E-state index in [2.05, 4.69) is 29.8 Å². The zero-order valence-corrected chi connectivity index (χ0v) is 51.8. The van der Waals surface area contributed by atoms with Gasteiger partial charge in [-0.25, -0.2) is 13.1 Å². The number of fused-ring (bicyclic) bond motifs is 2. The van der Waals surface area contributed by atoms with E-state index in [4.69, 9.17) is 0 Å². The Hall–Kier alpha value is 3.70. The fourth-order valence-electron chi connectivity index (χ4n) is 4.30. The Labute approximate surface area is 468 Å². The van der Waals surface area contributed by atoms with Gasteiger partial charge in [-0.15, -0.1) is 12.1 Å². The van der Waals surface area contributed by atoms with Gasteiger partial charge in [0.15, 0.2) is 0 Å². The van der Waals surface area contributed by atoms with E-state index in [1.165, 1.54) is 4.90 Å². The van der Waals surface area contributed by atoms with E-state index in [-0.39, 0.29) is 248 Å². The molecule has 0 saturated carbocycles. The van der Waals surface area contributed by atoms with Crippen LogP contribution in [0.25, 0.3) is 10.6 Å². The molecule has 2 aliphatic heterocycles. The van der Waals surface area contributed by atoms with Gasteiger partial charge < -0.3 is 25.8 Å². The largest absolute Gasteiger partial charge is 1.00 e. The van der Waals surface area contributed by atoms with E-state index in [1.807, 2.05) is 64.4 Å². The van der Waals surface area contributed by atoms with E-state index in [9.17, 15) is 14.4 Å². The SMILES string of the molecule is CC.CC.[CH2-]c1ccc2c(c1)C(=O)N([CH-]CCC[N-]C)CC(=O)N2.[CH2-]c1ccc2c(c1)C(=O)N([CH-]CCC[N-]C)CC2.[Rb+].[Rb+].[W].[W].[Y].[Y]. The van der Waals surface area contributed by atoms with Gasteiger partial charge in [0.05, 0.1) is 6.54 Å². The number of nitrogens with zero attached hydrogens (tertiary/aromatic N) is 4. The first-order valence-corrected chi connectivity index (χ1v) is 14.9. The maximum atomic E-state index is 12.4. The van der Waals surface area contributed by atoms with Crippen LogP contribution < -0.4 is 122 Å². The van der Waals surface area contributed by atoms with Gasteiger partial charge in [0.2, 0.25) is 17.7 Å². The van der Waals surface area contributed by atoms with Crippen LogP contribution in [0.1, 0.15) is 90.8 Å². The van der Waals surface area contributed by atoms with Crippen LogP contribution in [0.15, 0.2) is 36.4 Å². The van der Waals surface area contributed by atoms with Gasteiger partial charge in [-0.2, -0.15) is 83.2 Å². The number of carbonyl (C=O) groups is 3. The molecule has 8 nitrogen and oxygen atoms in total. The van der Waals surface area contributed by atoms with Crippen LogP contribution in [0.5, 0.6) is 0 Å². The van der Waals surface area contributed by atoms with Gasteiger partial charge in [0, 0.05) is 119 Å². The van der Waals surface area contributed by atoms with Gasteiger partial charge in [-0.3, -0.25) is 14.4 Å². The van der Waals surface area contributed by atoms with Gasteiger partial charge in [0.1, 0.15) is 0 Å². The normalized spacial score (nSPS) is 11.9. The summed E-state index contributed by atoms with van der Waals surface area (Å²) in [6, 6.07) is 11.1. The summed E-state index contributed by atoms with van der Waals surface area (Å²) in [5.41, 5.74) is 4.63. The minimum absolute atomic E-state index is 0. The topological polar surface area (TPSA) is 97.9 Å². The molecule has 2 aromatic carbocycles. The summed E-state index contributed by atoms with van der Waals surface area (Å²) in [7, 11) is 3.58. The van der Waals surface area contributed by atoms with Crippen molar-refractivity contribution >= 4 is 23.4 Å². The van der Waals surface area contributed by atoms with Crippen LogP contribution in [0.4, 0.5) is 5.69 Å². The van der Waals surface area contributed by atoms with Crippen LogP contribution in [0.3, 0.4) is 0 Å². The Morgan fingerprint density at radius 2 is 1.21 bits per heavy atom. The summed E-state index contributed by atoms with van der Waals surface area (Å²) in [6.07, 6.45) is 4.42. The van der Waals surface area contributed by atoms with Crippen LogP contribution in [-0.2, 0) is 119 Å². The van der Waals surface area contributed by atoms with Gasteiger partial charge >= 0.3 is 116 Å². The van der Waals surface area contributed by atoms with Crippen molar-refractivity contribution in [2.24, 2.45) is 0 Å². The Bertz CT molecular complexity index is 1150. The minimum atomic E-state index is -0.189. The molecule has 0 aromatic heterocycles. The molecule has 0 unspecified atom stereocenters. The van der Waals surface area contributed by atoms with Crippen molar-refractivity contribution in [2.75, 3.05) is 45.6 Å². The fourth-order valence-corrected chi connectivity index (χ4v) is 4.30. The third-order valence-electron chi connectivity index (χ3n) is 6.32. The van der Waals surface area contributed by atoms with Crippen molar-refractivity contribution in [3.8, 4) is 0 Å². The van der Waals surface area contributed by atoms with E-state index >= 15 is 0 Å². The summed E-state index contributed by atoms with van der Waals surface area (Å²) < 4.78 is 0. The first-order valence-electron chi connectivity index (χ1n) is 14.9. The van der Waals surface area contributed by atoms with Gasteiger partial charge in [0.25, 0.3) is 0 Å². The molecular formula is C34H49N5O3Rb2W2Y2-4. The fraction of sp³-hybridized carbons (Fsp3) is 0.441. The predicted octanol–water partition coefficient (Wildman–Crippen LogP) is 1.07. The predicted molar refractivity (Wildman–Crippen MR) is 174 cm³/mol. The summed E-state index contributed by atoms with van der Waals surface area (Å²) in [4.78, 5) is 39.8. The van der Waals surface area contributed by atoms with Crippen LogP contribution in [-0.4, -0.2) is 67.8 Å². The standard InChI is InChI=1S/C15H18N3O2.C15H19N2O.2C2H6.2Rb.2W.2Y/c1-11-5-6-13-12(9-11)15(20)18(10-14(19)17-13)8-4-3-7-16-2;1-12-5-6-13-7-10-17(9-4-3-8-16-2)15(18)14(13)11-12;2*1-2;;;;;;/h5-6,8-9H,1,3-4,7,10H2,2H3,(H,17,19);5-6,9,11H,1,3-4,7-8,10H2,2H3;2*1-2H3;;;;;;/q2*-3;;;2*+1;;;;. The number of hydrogen-bond donors (Lipinski definition) is 1. The van der Waals surface area contributed by atoms with Crippen molar-refractivity contribution in [1.82, 2.24) is 9.80 Å². The van der Waals surface area contributed by atoms with E-state index in [0.717, 1.165) is 74.0 Å². The molecule has 0 bridgehead atoms. The van der Waals surface area contributed by atoms with E-state index < -0.39 is 0 Å². The first-order chi connectivity index (χ1) is 20.3. The second kappa shape index (κ2) is 39.0. The summed E-state index contributed by atoms with van der Waals surface area (Å²) in [5, 5.41) is 10.8. The molecule has 0 saturated heterocycles. The van der Waals surface area contributed by atoms with Gasteiger partial charge in [-0.05, 0) is 18.5 Å². The number of unbranched alkanes of at least 4 members (excludes halogenated alkanes) is 2. The van der Waals surface area contributed by atoms with Crippen molar-refractivity contribution in [3.05, 3.63) is 102 Å². The summed E-state index contributed by atoms with van der Waals surface area (Å²) in [6.45, 7) is 21.9. The first kappa shape index (κ1) is 63.6. The summed E-state index contributed by atoms with van der Waals surface area (Å²) in [5.74, 6) is -0.252. The average molecular weight is 1290 g/mol. The smallest absolute Gasteiger partial charge is 0.665 e. The number of anilines is 1.